The van der Waals surface area contributed by atoms with Crippen LogP contribution in [0.1, 0.15) is 49.3 Å². The highest BCUT2D eigenvalue weighted by atomic mass is 16.5. The van der Waals surface area contributed by atoms with Gasteiger partial charge in [0.25, 0.3) is 0 Å². The van der Waals surface area contributed by atoms with Crippen LogP contribution in [-0.4, -0.2) is 54.5 Å². The minimum atomic E-state index is -0.683. The molecule has 5 unspecified atom stereocenters. The number of benzene rings is 3. The number of rotatable bonds is 11. The van der Waals surface area contributed by atoms with Crippen molar-refractivity contribution in [3.8, 4) is 22.6 Å². The molecule has 2 aliphatic carbocycles. The monoisotopic (exact) mass is 569 g/mol. The number of ketones is 1. The number of nitrogens with one attached hydrogen (secondary N) is 1. The van der Waals surface area contributed by atoms with Crippen LogP contribution in [0, 0.1) is 22.7 Å². The van der Waals surface area contributed by atoms with Crippen LogP contribution in [-0.2, 0) is 16.0 Å². The van der Waals surface area contributed by atoms with Crippen molar-refractivity contribution in [2.24, 2.45) is 22.7 Å². The van der Waals surface area contributed by atoms with Crippen molar-refractivity contribution in [2.75, 3.05) is 27.3 Å². The Morgan fingerprint density at radius 1 is 1.07 bits per heavy atom. The number of aromatic hydroxyl groups is 2. The zero-order chi connectivity index (χ0) is 30.2. The van der Waals surface area contributed by atoms with E-state index in [9.17, 15) is 20.1 Å². The number of aliphatic hydroxyl groups excluding tert-OH is 1. The van der Waals surface area contributed by atoms with Gasteiger partial charge in [0.1, 0.15) is 17.3 Å². The molecule has 5 atom stereocenters. The number of Topliss-reactive ketones (excluding diaryl/α,β-unsaturated/α-hetero) is 1. The Labute approximate surface area is 249 Å². The standard InChI is InChI=1S/C36H43NO5/c1-22-33-27(21-38)19-36(34(33)42-5,35(22,2)3)32(41)16-9-23-7-6-8-25(17-23)26-12-15-29(31(40)18-26)30(20-37-4)24-10-13-28(39)14-11-24/h6-8,10-15,17-18,27,30,33-34,37-40H,1,9,16,19-21H2,2-5H3. The van der Waals surface area contributed by atoms with Gasteiger partial charge in [-0.25, -0.2) is 0 Å². The summed E-state index contributed by atoms with van der Waals surface area (Å²) in [7, 11) is 3.55. The molecule has 0 amide bonds. The summed E-state index contributed by atoms with van der Waals surface area (Å²) in [5, 5.41) is 34.1. The lowest BCUT2D eigenvalue weighted by Crippen LogP contribution is -2.47. The number of carbonyl (C=O) groups is 1. The van der Waals surface area contributed by atoms with Crippen LogP contribution < -0.4 is 5.32 Å². The van der Waals surface area contributed by atoms with Crippen molar-refractivity contribution < 1.29 is 24.9 Å². The summed E-state index contributed by atoms with van der Waals surface area (Å²) in [5.74, 6) is 0.523. The molecule has 2 saturated carbocycles. The zero-order valence-corrected chi connectivity index (χ0v) is 25.1. The van der Waals surface area contributed by atoms with Gasteiger partial charge in [0.2, 0.25) is 0 Å². The highest BCUT2D eigenvalue weighted by Crippen LogP contribution is 2.69. The maximum absolute atomic E-state index is 14.0. The third kappa shape index (κ3) is 4.85. The van der Waals surface area contributed by atoms with Gasteiger partial charge >= 0.3 is 0 Å². The summed E-state index contributed by atoms with van der Waals surface area (Å²) in [4.78, 5) is 14.0. The third-order valence-corrected chi connectivity index (χ3v) is 10.2. The molecule has 222 valence electrons. The number of fused-ring (bicyclic) bond motifs is 2. The Morgan fingerprint density at radius 3 is 2.43 bits per heavy atom. The number of ether oxygens (including phenoxy) is 1. The summed E-state index contributed by atoms with van der Waals surface area (Å²) >= 11 is 0. The van der Waals surface area contributed by atoms with Gasteiger partial charge in [-0.05, 0) is 66.3 Å². The maximum atomic E-state index is 14.0. The fourth-order valence-corrected chi connectivity index (χ4v) is 7.86. The van der Waals surface area contributed by atoms with Gasteiger partial charge in [-0.1, -0.05) is 74.5 Å². The van der Waals surface area contributed by atoms with Gasteiger partial charge in [-0.15, -0.1) is 0 Å². The Hall–Kier alpha value is -3.45. The summed E-state index contributed by atoms with van der Waals surface area (Å²) in [6.07, 6.45) is 1.34. The first-order chi connectivity index (χ1) is 20.1. The van der Waals surface area contributed by atoms with Crippen molar-refractivity contribution in [3.05, 3.63) is 95.6 Å². The molecule has 3 aromatic carbocycles. The lowest BCUT2D eigenvalue weighted by molar-refractivity contribution is -0.141. The number of aliphatic hydroxyl groups is 1. The smallest absolute Gasteiger partial charge is 0.142 e. The molecule has 0 saturated heterocycles. The minimum Gasteiger partial charge on any atom is -0.508 e. The van der Waals surface area contributed by atoms with E-state index < -0.39 is 10.8 Å². The van der Waals surface area contributed by atoms with Crippen molar-refractivity contribution in [2.45, 2.75) is 45.1 Å². The number of phenolic OH excluding ortho intramolecular Hbond substituents is 2. The molecule has 2 fully saturated rings. The number of hydrogen-bond donors (Lipinski definition) is 4. The van der Waals surface area contributed by atoms with E-state index in [1.165, 1.54) is 0 Å². The SMILES string of the molecule is C=C1C2C(CO)CC(C(=O)CCc3cccc(-c4ccc(C(CNC)c5ccc(O)cc5)c(O)c4)c3)(C2OC)C1(C)C. The Balaban J connectivity index is 1.35. The average Bonchev–Trinajstić information content (AvgIpc) is 3.42. The van der Waals surface area contributed by atoms with E-state index in [4.69, 9.17) is 4.74 Å². The molecule has 0 aromatic heterocycles. The summed E-state index contributed by atoms with van der Waals surface area (Å²) in [6, 6.07) is 21.0. The van der Waals surface area contributed by atoms with Crippen LogP contribution in [0.2, 0.25) is 0 Å². The lowest BCUT2D eigenvalue weighted by atomic mass is 9.58. The van der Waals surface area contributed by atoms with Crippen LogP contribution >= 0.6 is 0 Å². The van der Waals surface area contributed by atoms with Crippen LogP contribution in [0.3, 0.4) is 0 Å². The largest absolute Gasteiger partial charge is 0.508 e. The highest BCUT2D eigenvalue weighted by molar-refractivity contribution is 5.89. The highest BCUT2D eigenvalue weighted by Gasteiger charge is 2.71. The van der Waals surface area contributed by atoms with E-state index in [1.807, 2.05) is 49.5 Å². The molecule has 0 spiro atoms. The van der Waals surface area contributed by atoms with Gasteiger partial charge in [-0.3, -0.25) is 4.79 Å². The fourth-order valence-electron chi connectivity index (χ4n) is 7.86. The van der Waals surface area contributed by atoms with Crippen LogP contribution in [0.4, 0.5) is 0 Å². The molecule has 5 rings (SSSR count). The molecule has 2 aliphatic rings. The first kappa shape index (κ1) is 30.0. The number of carbonyl (C=O) groups excluding carboxylic acids is 1. The molecule has 0 radical (unpaired) electrons. The quantitative estimate of drug-likeness (QED) is 0.217. The number of aryl methyl sites for hydroxylation is 1. The second-order valence-electron chi connectivity index (χ2n) is 12.5. The van der Waals surface area contributed by atoms with Crippen molar-refractivity contribution >= 4 is 5.78 Å². The Morgan fingerprint density at radius 2 is 1.79 bits per heavy atom. The second kappa shape index (κ2) is 11.7. The van der Waals surface area contributed by atoms with E-state index in [0.717, 1.165) is 33.4 Å². The molecule has 0 aliphatic heterocycles. The summed E-state index contributed by atoms with van der Waals surface area (Å²) < 4.78 is 5.94. The number of methoxy groups -OCH3 is 1. The molecule has 6 nitrogen and oxygen atoms in total. The van der Waals surface area contributed by atoms with E-state index in [-0.39, 0.29) is 47.7 Å². The van der Waals surface area contributed by atoms with E-state index >= 15 is 0 Å². The molecule has 3 aromatic rings. The molecular formula is C36H43NO5. The Kier molecular flexibility index (Phi) is 8.35. The minimum absolute atomic E-state index is 0.000137. The second-order valence-corrected chi connectivity index (χ2v) is 12.5. The predicted molar refractivity (Wildman–Crippen MR) is 166 cm³/mol. The van der Waals surface area contributed by atoms with Gasteiger partial charge in [-0.2, -0.15) is 0 Å². The predicted octanol–water partition coefficient (Wildman–Crippen LogP) is 5.84. The molecule has 0 heterocycles. The first-order valence-electron chi connectivity index (χ1n) is 14.8. The molecular weight excluding hydrogens is 526 g/mol. The van der Waals surface area contributed by atoms with Gasteiger partial charge < -0.3 is 25.4 Å². The Bertz CT molecular complexity index is 1460. The topological polar surface area (TPSA) is 99.0 Å². The van der Waals surface area contributed by atoms with Gasteiger partial charge in [0.15, 0.2) is 0 Å². The summed E-state index contributed by atoms with van der Waals surface area (Å²) in [6.45, 7) is 9.23. The third-order valence-electron chi connectivity index (χ3n) is 10.2. The number of hydrogen-bond acceptors (Lipinski definition) is 6. The zero-order valence-electron chi connectivity index (χ0n) is 25.1. The molecule has 42 heavy (non-hydrogen) atoms. The molecule has 2 bridgehead atoms. The van der Waals surface area contributed by atoms with Crippen LogP contribution in [0.5, 0.6) is 11.5 Å². The van der Waals surface area contributed by atoms with Crippen molar-refractivity contribution in [1.82, 2.24) is 5.32 Å². The molecule has 6 heteroatoms. The normalized spacial score (nSPS) is 25.1. The first-order valence-corrected chi connectivity index (χ1v) is 14.8. The molecule has 4 N–H and O–H groups in total. The number of phenols is 2. The maximum Gasteiger partial charge on any atom is 0.142 e. The fraction of sp³-hybridized carbons (Fsp3) is 0.417. The van der Waals surface area contributed by atoms with Crippen LogP contribution in [0.15, 0.2) is 78.9 Å². The van der Waals surface area contributed by atoms with Gasteiger partial charge in [0, 0.05) is 49.5 Å². The van der Waals surface area contributed by atoms with E-state index in [0.29, 0.717) is 25.8 Å². The average molecular weight is 570 g/mol. The van der Waals surface area contributed by atoms with Gasteiger partial charge in [0.05, 0.1) is 11.5 Å². The van der Waals surface area contributed by atoms with Crippen molar-refractivity contribution in [1.29, 1.82) is 0 Å². The van der Waals surface area contributed by atoms with E-state index in [2.05, 4.69) is 31.8 Å². The van der Waals surface area contributed by atoms with E-state index in [1.54, 1.807) is 25.3 Å². The lowest BCUT2D eigenvalue weighted by Gasteiger charge is -2.44. The van der Waals surface area contributed by atoms with Crippen molar-refractivity contribution in [3.63, 3.8) is 0 Å². The summed E-state index contributed by atoms with van der Waals surface area (Å²) in [5.41, 5.74) is 4.67. The number of likely N-dealkylation sites (N-methyl/N-ethyl adjacent to an activating group) is 1. The van der Waals surface area contributed by atoms with Crippen LogP contribution in [0.25, 0.3) is 11.1 Å².